The first-order valence-corrected chi connectivity index (χ1v) is 18.2. The molecule has 0 amide bonds. The van der Waals surface area contributed by atoms with Gasteiger partial charge in [-0.05, 0) is 75.6 Å². The van der Waals surface area contributed by atoms with E-state index >= 15 is 0 Å². The van der Waals surface area contributed by atoms with Gasteiger partial charge in [-0.25, -0.2) is 0 Å². The minimum Gasteiger partial charge on any atom is -0.504 e. The van der Waals surface area contributed by atoms with Crippen molar-refractivity contribution in [3.05, 3.63) is 71.4 Å². The van der Waals surface area contributed by atoms with Crippen molar-refractivity contribution >= 4 is 5.71 Å². The van der Waals surface area contributed by atoms with Crippen LogP contribution < -0.4 is 15.4 Å². The summed E-state index contributed by atoms with van der Waals surface area (Å²) in [5.41, 5.74) is 4.47. The number of aromatic hydroxyl groups is 1. The van der Waals surface area contributed by atoms with Crippen molar-refractivity contribution in [3.8, 4) is 11.5 Å². The molecule has 1 spiro atoms. The highest BCUT2D eigenvalue weighted by atomic mass is 16.5. The van der Waals surface area contributed by atoms with Crippen LogP contribution in [0.25, 0.3) is 0 Å². The van der Waals surface area contributed by atoms with Gasteiger partial charge in [0.15, 0.2) is 28.9 Å². The van der Waals surface area contributed by atoms with Crippen LogP contribution in [0.2, 0.25) is 0 Å². The molecular weight excluding hydrogens is 590 g/mol. The van der Waals surface area contributed by atoms with Gasteiger partial charge in [0.1, 0.15) is 24.7 Å². The third-order valence-electron chi connectivity index (χ3n) is 11.1. The van der Waals surface area contributed by atoms with Crippen LogP contribution in [0, 0.1) is 35.2 Å². The topological polar surface area (TPSA) is 119 Å². The van der Waals surface area contributed by atoms with Crippen LogP contribution in [-0.4, -0.2) is 76.9 Å². The standard InChI is InChI=1S/C39H55N3O5/c1-4-6-9-36-28(23-43)19-30(47-36)12-10-26-11-13-35(45)37(17-26)46-24-34(41-5-2)33-20-31-32(22-40-21-25(3)44)39-15-7-8-29(39)18-27(14-16-39)38(31)42-33/h11,13-14,16-17,19-20,25,27,29,32,34,36,40-41,43-44,47H,4-10,12,15,18,21-24H2,1-3H3/p+1. The van der Waals surface area contributed by atoms with Crippen LogP contribution in [0.15, 0.2) is 58.8 Å². The summed E-state index contributed by atoms with van der Waals surface area (Å²) in [6.45, 7) is 8.73. The number of phenolic OH excluding ortho intramolecular Hbond substituents is 1. The van der Waals surface area contributed by atoms with Crippen molar-refractivity contribution < 1.29 is 24.8 Å². The van der Waals surface area contributed by atoms with Gasteiger partial charge in [-0.2, -0.15) is 0 Å². The van der Waals surface area contributed by atoms with Crippen LogP contribution in [0.3, 0.4) is 0 Å². The number of rotatable bonds is 17. The fourth-order valence-corrected chi connectivity index (χ4v) is 8.73. The second kappa shape index (κ2) is 15.2. The Morgan fingerprint density at radius 3 is 2.94 bits per heavy atom. The van der Waals surface area contributed by atoms with E-state index in [1.807, 2.05) is 19.1 Å². The lowest BCUT2D eigenvalue weighted by molar-refractivity contribution is -0.0550. The molecule has 2 bridgehead atoms. The Kier molecular flexibility index (Phi) is 11.0. The van der Waals surface area contributed by atoms with Crippen molar-refractivity contribution in [2.45, 2.75) is 96.8 Å². The summed E-state index contributed by atoms with van der Waals surface area (Å²) < 4.78 is 11.2. The molecular formula is C39H56N3O5+. The molecule has 7 unspecified atom stereocenters. The summed E-state index contributed by atoms with van der Waals surface area (Å²) >= 11 is 0. The Morgan fingerprint density at radius 2 is 2.15 bits per heavy atom. The van der Waals surface area contributed by atoms with E-state index in [1.54, 1.807) is 6.07 Å². The highest BCUT2D eigenvalue weighted by Gasteiger charge is 2.60. The van der Waals surface area contributed by atoms with E-state index in [4.69, 9.17) is 14.5 Å². The van der Waals surface area contributed by atoms with Crippen molar-refractivity contribution in [1.82, 2.24) is 10.6 Å². The zero-order chi connectivity index (χ0) is 33.0. The number of aliphatic hydroxyl groups excluding tert-OH is 2. The summed E-state index contributed by atoms with van der Waals surface area (Å²) in [4.78, 5) is 5.32. The number of ether oxygens (including phenoxy) is 2. The highest BCUT2D eigenvalue weighted by Crippen LogP contribution is 2.61. The Bertz CT molecular complexity index is 1350. The van der Waals surface area contributed by atoms with Gasteiger partial charge in [-0.15, -0.1) is 16.6 Å². The Balaban J connectivity index is 1.13. The molecule has 0 aromatic heterocycles. The molecule has 47 heavy (non-hydrogen) atoms. The third kappa shape index (κ3) is 7.32. The predicted molar refractivity (Wildman–Crippen MR) is 187 cm³/mol. The average molecular weight is 647 g/mol. The highest BCUT2D eigenvalue weighted by molar-refractivity contribution is 6.06. The maximum Gasteiger partial charge on any atom is 0.196 e. The van der Waals surface area contributed by atoms with Gasteiger partial charge >= 0.3 is 0 Å². The largest absolute Gasteiger partial charge is 0.504 e. The van der Waals surface area contributed by atoms with E-state index in [0.29, 0.717) is 36.7 Å². The van der Waals surface area contributed by atoms with Gasteiger partial charge < -0.3 is 30.1 Å². The minimum atomic E-state index is -0.377. The maximum absolute atomic E-state index is 10.7. The molecule has 2 fully saturated rings. The smallest absolute Gasteiger partial charge is 0.196 e. The molecule has 4 aliphatic carbocycles. The van der Waals surface area contributed by atoms with E-state index < -0.39 is 0 Å². The van der Waals surface area contributed by atoms with Gasteiger partial charge in [0.2, 0.25) is 0 Å². The number of aliphatic hydroxyl groups is 4. The zero-order valence-corrected chi connectivity index (χ0v) is 28.5. The van der Waals surface area contributed by atoms with Gasteiger partial charge in [0, 0.05) is 37.5 Å². The summed E-state index contributed by atoms with van der Waals surface area (Å²) in [5, 5.41) is 37.7. The average Bonchev–Trinajstić information content (AvgIpc) is 3.78. The van der Waals surface area contributed by atoms with Gasteiger partial charge in [0.05, 0.1) is 18.1 Å². The Hall–Kier alpha value is -2.75. The molecule has 0 radical (unpaired) electrons. The molecule has 7 atom stereocenters. The first-order chi connectivity index (χ1) is 22.8. The number of hydrogen-bond acceptors (Lipinski definition) is 7. The third-order valence-corrected chi connectivity index (χ3v) is 11.1. The van der Waals surface area contributed by atoms with Crippen molar-refractivity contribution in [2.24, 2.45) is 28.2 Å². The van der Waals surface area contributed by atoms with E-state index in [1.165, 1.54) is 37.3 Å². The lowest BCUT2D eigenvalue weighted by atomic mass is 9.63. The quantitative estimate of drug-likeness (QED) is 0.0913. The molecule has 7 rings (SSSR count). The molecule has 1 aromatic rings. The summed E-state index contributed by atoms with van der Waals surface area (Å²) in [7, 11) is 0. The number of nitrogens with zero attached hydrogens (tertiary/aromatic N) is 1. The maximum atomic E-state index is 10.7. The first-order valence-electron chi connectivity index (χ1n) is 18.2. The number of hydrogen-bond donors (Lipinski definition) is 5. The molecule has 6 N–H and O–H groups in total. The number of benzene rings is 1. The number of likely N-dealkylation sites (N-methyl/N-ethyl adjacent to an activating group) is 1. The molecule has 6 aliphatic rings. The fourth-order valence-electron chi connectivity index (χ4n) is 8.73. The number of aliphatic imine (C=N–C) groups is 1. The fraction of sp³-hybridized carbons (Fsp3) is 0.615. The summed E-state index contributed by atoms with van der Waals surface area (Å²) in [5.74, 6) is 3.33. The number of nitrogens with one attached hydrogen (secondary N) is 2. The van der Waals surface area contributed by atoms with Crippen LogP contribution in [0.4, 0.5) is 0 Å². The second-order valence-electron chi connectivity index (χ2n) is 14.4. The lowest BCUT2D eigenvalue weighted by Gasteiger charge is -2.39. The number of unbranched alkanes of at least 4 members (excludes halogenated alkanes) is 1. The number of phenols is 1. The van der Waals surface area contributed by atoms with Crippen molar-refractivity contribution in [3.63, 3.8) is 0 Å². The first kappa shape index (κ1) is 34.1. The monoisotopic (exact) mass is 646 g/mol. The van der Waals surface area contributed by atoms with Crippen molar-refractivity contribution in [1.29, 1.82) is 0 Å². The molecule has 2 saturated carbocycles. The van der Waals surface area contributed by atoms with Crippen molar-refractivity contribution in [2.75, 3.05) is 32.8 Å². The van der Waals surface area contributed by atoms with E-state index in [2.05, 4.69) is 48.8 Å². The lowest BCUT2D eigenvalue weighted by Crippen LogP contribution is -2.43. The molecule has 2 aliphatic heterocycles. The molecule has 8 heteroatoms. The molecule has 0 saturated heterocycles. The molecule has 1 aromatic carbocycles. The molecule has 2 heterocycles. The van der Waals surface area contributed by atoms with Crippen LogP contribution >= 0.6 is 0 Å². The van der Waals surface area contributed by atoms with Gasteiger partial charge in [0.25, 0.3) is 0 Å². The normalized spacial score (nSPS) is 28.9. The molecule has 256 valence electrons. The van der Waals surface area contributed by atoms with E-state index in [9.17, 15) is 15.3 Å². The van der Waals surface area contributed by atoms with Gasteiger partial charge in [-0.3, -0.25) is 5.32 Å². The van der Waals surface area contributed by atoms with Crippen LogP contribution in [0.5, 0.6) is 11.5 Å². The molecule has 8 nitrogen and oxygen atoms in total. The predicted octanol–water partition coefficient (Wildman–Crippen LogP) is 5.11. The zero-order valence-electron chi connectivity index (χ0n) is 28.5. The number of aryl methyl sites for hydroxylation is 1. The van der Waals surface area contributed by atoms with Gasteiger partial charge in [-0.1, -0.05) is 44.9 Å². The van der Waals surface area contributed by atoms with E-state index in [-0.39, 0.29) is 36.0 Å². The van der Waals surface area contributed by atoms with E-state index in [0.717, 1.165) is 68.1 Å². The number of allylic oxidation sites excluding steroid dienone is 3. The minimum absolute atomic E-state index is 0.0616. The summed E-state index contributed by atoms with van der Waals surface area (Å²) in [6, 6.07) is 5.50. The van der Waals surface area contributed by atoms with Crippen LogP contribution in [0.1, 0.15) is 77.7 Å². The Labute approximate surface area is 281 Å². The second-order valence-corrected chi connectivity index (χ2v) is 14.4. The Morgan fingerprint density at radius 1 is 1.28 bits per heavy atom. The van der Waals surface area contributed by atoms with Crippen LogP contribution in [-0.2, 0) is 6.42 Å². The SMILES string of the molecule is CCCCC1[OH+][C-](CCc2ccc(O)c(OCC(NCC)C3=C[C+]4C(=N3)C3C=CC5(CCCC5C3)C4CNCC(C)O)c2)C=C1CO. The summed E-state index contributed by atoms with van der Waals surface area (Å²) in [6.07, 6.45) is 19.8.